The van der Waals surface area contributed by atoms with E-state index in [-0.39, 0.29) is 58.1 Å². The summed E-state index contributed by atoms with van der Waals surface area (Å²) in [6, 6.07) is 58.4. The summed E-state index contributed by atoms with van der Waals surface area (Å²) in [5.41, 5.74) is 10.7. The minimum atomic E-state index is -0.167. The predicted molar refractivity (Wildman–Crippen MR) is 254 cm³/mol. The first kappa shape index (κ1) is 29.7. The second-order valence-electron chi connectivity index (χ2n) is 15.1. The number of benzene rings is 9. The quantitative estimate of drug-likeness (QED) is 0.161. The van der Waals surface area contributed by atoms with Gasteiger partial charge in [-0.1, -0.05) is 182 Å². The highest BCUT2D eigenvalue weighted by atomic mass is 16.3. The van der Waals surface area contributed by atoms with Crippen LogP contribution in [0.15, 0.2) is 223 Å². The van der Waals surface area contributed by atoms with Crippen molar-refractivity contribution in [1.29, 1.82) is 0 Å². The van der Waals surface area contributed by atoms with Crippen LogP contribution in [0, 0.1) is 0 Å². The molecule has 0 saturated carbocycles. The molecule has 0 aliphatic heterocycles. The minimum absolute atomic E-state index is 0.0269. The Morgan fingerprint density at radius 2 is 0.823 bits per heavy atom. The summed E-state index contributed by atoms with van der Waals surface area (Å²) >= 11 is 0. The van der Waals surface area contributed by atoms with E-state index in [2.05, 4.69) is 48.5 Å². The zero-order chi connectivity index (χ0) is 46.2. The Labute approximate surface area is 366 Å². The normalized spacial score (nSPS) is 12.9. The van der Waals surface area contributed by atoms with Crippen molar-refractivity contribution in [2.75, 3.05) is 0 Å². The zero-order valence-corrected chi connectivity index (χ0v) is 33.0. The van der Waals surface area contributed by atoms with Gasteiger partial charge in [0.2, 0.25) is 0 Å². The van der Waals surface area contributed by atoms with Crippen LogP contribution in [0.4, 0.5) is 0 Å². The van der Waals surface area contributed by atoms with Gasteiger partial charge in [-0.2, -0.15) is 0 Å². The average molecular weight is 799 g/mol. The molecule has 12 aromatic rings. The summed E-state index contributed by atoms with van der Waals surface area (Å²) in [6.45, 7) is 0. The molecule has 0 bridgehead atoms. The lowest BCUT2D eigenvalue weighted by molar-refractivity contribution is 0.670. The van der Waals surface area contributed by atoms with Gasteiger partial charge in [0, 0.05) is 49.5 Å². The van der Waals surface area contributed by atoms with Gasteiger partial charge >= 0.3 is 0 Å². The second kappa shape index (κ2) is 14.7. The molecule has 0 unspecified atom stereocenters. The summed E-state index contributed by atoms with van der Waals surface area (Å²) in [5, 5.41) is 1.95. The molecule has 12 rings (SSSR count). The van der Waals surface area contributed by atoms with Crippen LogP contribution in [-0.2, 0) is 0 Å². The zero-order valence-electron chi connectivity index (χ0n) is 39.0. The number of hydrogen-bond donors (Lipinski definition) is 0. The fourth-order valence-corrected chi connectivity index (χ4v) is 8.38. The van der Waals surface area contributed by atoms with E-state index < -0.39 is 0 Å². The van der Waals surface area contributed by atoms with Gasteiger partial charge in [0.15, 0.2) is 17.5 Å². The van der Waals surface area contributed by atoms with Crippen molar-refractivity contribution in [3.05, 3.63) is 218 Å². The maximum atomic E-state index is 9.11. The summed E-state index contributed by atoms with van der Waals surface area (Å²) in [5.74, 6) is 1.51. The van der Waals surface area contributed by atoms with E-state index in [9.17, 15) is 0 Å². The number of fused-ring (bicyclic) bond motifs is 6. The minimum Gasteiger partial charge on any atom is -0.455 e. The third-order valence-corrected chi connectivity index (χ3v) is 11.4. The van der Waals surface area contributed by atoms with E-state index in [4.69, 9.17) is 27.6 Å². The molecule has 5 nitrogen and oxygen atoms in total. The van der Waals surface area contributed by atoms with Crippen molar-refractivity contribution in [2.24, 2.45) is 0 Å². The van der Waals surface area contributed by atoms with Crippen LogP contribution < -0.4 is 0 Å². The Balaban J connectivity index is 1.05. The lowest BCUT2D eigenvalue weighted by Crippen LogP contribution is -2.00. The summed E-state index contributed by atoms with van der Waals surface area (Å²) in [7, 11) is 0. The first-order valence-electron chi connectivity index (χ1n) is 23.3. The molecule has 290 valence electrons. The van der Waals surface area contributed by atoms with E-state index in [1.165, 1.54) is 12.1 Å². The van der Waals surface area contributed by atoms with Gasteiger partial charge < -0.3 is 8.98 Å². The van der Waals surface area contributed by atoms with Gasteiger partial charge in [-0.15, -0.1) is 0 Å². The fraction of sp³-hybridized carbons (Fsp3) is 0. The number of furan rings is 1. The van der Waals surface area contributed by atoms with Crippen LogP contribution in [0.25, 0.3) is 117 Å². The average Bonchev–Trinajstić information content (AvgIpc) is 3.95. The lowest BCUT2D eigenvalue weighted by Gasteiger charge is -2.11. The van der Waals surface area contributed by atoms with E-state index in [0.29, 0.717) is 39.9 Å². The largest absolute Gasteiger partial charge is 0.455 e. The molecule has 0 aliphatic carbocycles. The van der Waals surface area contributed by atoms with Crippen molar-refractivity contribution in [3.8, 4) is 73.2 Å². The summed E-state index contributed by atoms with van der Waals surface area (Å²) in [4.78, 5) is 15.2. The molecule has 0 radical (unpaired) electrons. The molecular formula is C57H36N4O. The van der Waals surface area contributed by atoms with Gasteiger partial charge in [-0.3, -0.25) is 0 Å². The molecule has 5 heteroatoms. The Bertz CT molecular complexity index is 3780. The number of nitrogens with zero attached hydrogens (tertiary/aromatic N) is 4. The Morgan fingerprint density at radius 3 is 1.35 bits per heavy atom. The molecule has 9 aromatic carbocycles. The number of hydrogen-bond acceptors (Lipinski definition) is 4. The third-order valence-electron chi connectivity index (χ3n) is 11.4. The van der Waals surface area contributed by atoms with E-state index >= 15 is 0 Å². The molecule has 0 fully saturated rings. The summed E-state index contributed by atoms with van der Waals surface area (Å²) in [6.07, 6.45) is 0. The molecule has 3 heterocycles. The van der Waals surface area contributed by atoms with Crippen LogP contribution in [0.5, 0.6) is 0 Å². The molecule has 0 atom stereocenters. The molecule has 0 spiro atoms. The van der Waals surface area contributed by atoms with Crippen LogP contribution in [0.1, 0.15) is 8.22 Å². The Morgan fingerprint density at radius 1 is 0.371 bits per heavy atom. The maximum absolute atomic E-state index is 9.11. The SMILES string of the molecule is [2H]c1cc([2H])c2c(c1[2H])c1c([2H])c([2H])cc([2H])c1n2-c1cc(-c2ccccc2)c2oc3cc(-c4nc(-c5ccc(-c6ccccc6)cc5)nc(-c5ccc(-c6ccccc6)cc5)n4)ccc3c2c1. The Hall–Kier alpha value is -8.41. The van der Waals surface area contributed by atoms with Crippen molar-refractivity contribution >= 4 is 43.7 Å². The topological polar surface area (TPSA) is 56.7 Å². The van der Waals surface area contributed by atoms with Gasteiger partial charge in [-0.05, 0) is 64.2 Å². The van der Waals surface area contributed by atoms with Crippen LogP contribution in [-0.4, -0.2) is 19.5 Å². The van der Waals surface area contributed by atoms with Gasteiger partial charge in [-0.25, -0.2) is 15.0 Å². The first-order valence-corrected chi connectivity index (χ1v) is 20.3. The van der Waals surface area contributed by atoms with Crippen molar-refractivity contribution < 1.29 is 12.6 Å². The Kier molecular flexibility index (Phi) is 7.05. The molecule has 0 aliphatic rings. The van der Waals surface area contributed by atoms with Gasteiger partial charge in [0.05, 0.1) is 19.3 Å². The number of aromatic nitrogens is 4. The van der Waals surface area contributed by atoms with Crippen molar-refractivity contribution in [2.45, 2.75) is 0 Å². The lowest BCUT2D eigenvalue weighted by atomic mass is 10.0. The van der Waals surface area contributed by atoms with E-state index in [1.807, 2.05) is 121 Å². The van der Waals surface area contributed by atoms with Gasteiger partial charge in [0.1, 0.15) is 11.2 Å². The molecule has 0 N–H and O–H groups in total. The number of para-hydroxylation sites is 2. The third kappa shape index (κ3) is 6.14. The second-order valence-corrected chi connectivity index (χ2v) is 15.1. The van der Waals surface area contributed by atoms with Crippen LogP contribution in [0.3, 0.4) is 0 Å². The monoisotopic (exact) mass is 798 g/mol. The molecular weight excluding hydrogens is 757 g/mol. The highest BCUT2D eigenvalue weighted by Gasteiger charge is 2.20. The smallest absolute Gasteiger partial charge is 0.164 e. The molecule has 0 saturated heterocycles. The predicted octanol–water partition coefficient (Wildman–Crippen LogP) is 14.9. The fourth-order valence-electron chi connectivity index (χ4n) is 8.38. The van der Waals surface area contributed by atoms with E-state index in [0.717, 1.165) is 55.3 Å². The molecule has 3 aromatic heterocycles. The maximum Gasteiger partial charge on any atom is 0.164 e. The van der Waals surface area contributed by atoms with Crippen molar-refractivity contribution in [3.63, 3.8) is 0 Å². The van der Waals surface area contributed by atoms with Gasteiger partial charge in [0.25, 0.3) is 0 Å². The van der Waals surface area contributed by atoms with Crippen molar-refractivity contribution in [1.82, 2.24) is 19.5 Å². The molecule has 0 amide bonds. The standard InChI is InChI=1S/C57H36N4O/c1-4-14-37(15-5-1)39-24-28-42(29-25-39)55-58-56(43-30-26-40(27-31-43)38-16-6-2-7-17-38)60-57(59-55)44-32-33-48-50-36-45(35-49(41-18-8-3-9-19-41)54(50)62-53(48)34-44)61-51-22-12-10-20-46(51)47-21-11-13-23-52(47)61/h1-36H/i10D,11D,20D,21D,22D,23D. The highest BCUT2D eigenvalue weighted by molar-refractivity contribution is 6.13. The van der Waals surface area contributed by atoms with E-state index in [1.54, 1.807) is 4.57 Å². The first-order chi connectivity index (χ1) is 33.2. The van der Waals surface area contributed by atoms with Crippen LogP contribution in [0.2, 0.25) is 0 Å². The highest BCUT2D eigenvalue weighted by Crippen LogP contribution is 2.41. The molecule has 62 heavy (non-hydrogen) atoms. The van der Waals surface area contributed by atoms with Crippen LogP contribution >= 0.6 is 0 Å². The summed E-state index contributed by atoms with van der Waals surface area (Å²) < 4.78 is 61.7. The number of rotatable bonds is 7.